The van der Waals surface area contributed by atoms with Gasteiger partial charge < -0.3 is 4.98 Å². The van der Waals surface area contributed by atoms with Crippen LogP contribution in [0.3, 0.4) is 0 Å². The summed E-state index contributed by atoms with van der Waals surface area (Å²) in [5.74, 6) is 0. The Balaban J connectivity index is 0.000000148. The van der Waals surface area contributed by atoms with E-state index >= 15 is 0 Å². The van der Waals surface area contributed by atoms with E-state index in [4.69, 9.17) is 0 Å². The molecule has 1 heterocycles. The van der Waals surface area contributed by atoms with Crippen molar-refractivity contribution in [1.29, 1.82) is 0 Å². The fourth-order valence-corrected chi connectivity index (χ4v) is 0.215. The third-order valence-electron chi connectivity index (χ3n) is 0.406. The Morgan fingerprint density at radius 3 is 2.00 bits per heavy atom. The van der Waals surface area contributed by atoms with Gasteiger partial charge in [0, 0.05) is 12.4 Å². The molecular formula is C3H4BF3N2. The van der Waals surface area contributed by atoms with Crippen molar-refractivity contribution in [2.45, 2.75) is 0 Å². The summed E-state index contributed by atoms with van der Waals surface area (Å²) in [4.78, 5) is 6.42. The molecule has 0 bridgehead atoms. The van der Waals surface area contributed by atoms with Gasteiger partial charge in [-0.05, 0) is 0 Å². The van der Waals surface area contributed by atoms with Crippen molar-refractivity contribution < 1.29 is 12.9 Å². The van der Waals surface area contributed by atoms with E-state index in [-0.39, 0.29) is 0 Å². The molecule has 0 aliphatic rings. The zero-order chi connectivity index (χ0) is 7.11. The van der Waals surface area contributed by atoms with Crippen LogP contribution < -0.4 is 0 Å². The van der Waals surface area contributed by atoms with Gasteiger partial charge in [0.1, 0.15) is 0 Å². The number of nitrogens with zero attached hydrogens (tertiary/aromatic N) is 1. The fourth-order valence-electron chi connectivity index (χ4n) is 0.215. The van der Waals surface area contributed by atoms with Crippen molar-refractivity contribution in [3.05, 3.63) is 18.7 Å². The third kappa shape index (κ3) is 11.0. The van der Waals surface area contributed by atoms with Gasteiger partial charge >= 0.3 is 7.54 Å². The number of nitrogens with one attached hydrogen (secondary N) is 1. The van der Waals surface area contributed by atoms with Gasteiger partial charge in [-0.3, -0.25) is 12.9 Å². The first-order chi connectivity index (χ1) is 4.23. The predicted molar refractivity (Wildman–Crippen MR) is 27.7 cm³/mol. The molecule has 0 aromatic carbocycles. The predicted octanol–water partition coefficient (Wildman–Crippen LogP) is 1.29. The standard InChI is InChI=1S/C3H4N2.BF3/c1-2-5-3-4-1;2-1(3)4/h1-3H,(H,4,5);. The van der Waals surface area contributed by atoms with Crippen LogP contribution in [0.4, 0.5) is 12.9 Å². The lowest BCUT2D eigenvalue weighted by molar-refractivity contribution is 0.535. The minimum absolute atomic E-state index is 1.62. The number of aromatic amines is 1. The average Bonchev–Trinajstić information content (AvgIpc) is 2.11. The zero-order valence-electron chi connectivity index (χ0n) is 4.39. The highest BCUT2D eigenvalue weighted by atomic mass is 19.4. The van der Waals surface area contributed by atoms with Crippen LogP contribution in [-0.4, -0.2) is 17.5 Å². The first-order valence-electron chi connectivity index (χ1n) is 2.08. The van der Waals surface area contributed by atoms with E-state index in [1.54, 1.807) is 18.7 Å². The van der Waals surface area contributed by atoms with Gasteiger partial charge in [0.2, 0.25) is 0 Å². The highest BCUT2D eigenvalue weighted by Gasteiger charge is 2.06. The van der Waals surface area contributed by atoms with Gasteiger partial charge in [-0.15, -0.1) is 0 Å². The van der Waals surface area contributed by atoms with Crippen molar-refractivity contribution in [2.75, 3.05) is 0 Å². The summed E-state index contributed by atoms with van der Waals surface area (Å²) < 4.78 is 29.0. The second-order valence-electron chi connectivity index (χ2n) is 1.01. The normalized spacial score (nSPS) is 7.44. The van der Waals surface area contributed by atoms with Gasteiger partial charge in [-0.1, -0.05) is 0 Å². The Labute approximate surface area is 50.3 Å². The van der Waals surface area contributed by atoms with Gasteiger partial charge in [-0.2, -0.15) is 0 Å². The molecule has 50 valence electrons. The van der Waals surface area contributed by atoms with Crippen molar-refractivity contribution in [3.63, 3.8) is 0 Å². The third-order valence-corrected chi connectivity index (χ3v) is 0.406. The van der Waals surface area contributed by atoms with Crippen molar-refractivity contribution in [1.82, 2.24) is 9.97 Å². The number of halogens is 3. The van der Waals surface area contributed by atoms with Crippen LogP contribution in [0.25, 0.3) is 0 Å². The SMILES string of the molecule is FB(F)F.c1c[nH]cn1. The maximum atomic E-state index is 9.67. The number of hydrogen-bond donors (Lipinski definition) is 1. The second kappa shape index (κ2) is 5.21. The van der Waals surface area contributed by atoms with E-state index in [2.05, 4.69) is 9.97 Å². The molecule has 0 amide bonds. The summed E-state index contributed by atoms with van der Waals surface area (Å²) >= 11 is 0. The molecule has 0 atom stereocenters. The maximum absolute atomic E-state index is 9.67. The van der Waals surface area contributed by atoms with Crippen LogP contribution in [0.1, 0.15) is 0 Å². The van der Waals surface area contributed by atoms with Crippen molar-refractivity contribution in [2.24, 2.45) is 0 Å². The van der Waals surface area contributed by atoms with Crippen molar-refractivity contribution >= 4 is 7.54 Å². The van der Waals surface area contributed by atoms with E-state index in [9.17, 15) is 12.9 Å². The Morgan fingerprint density at radius 2 is 1.89 bits per heavy atom. The molecular weight excluding hydrogens is 132 g/mol. The van der Waals surface area contributed by atoms with Crippen LogP contribution in [0.5, 0.6) is 0 Å². The van der Waals surface area contributed by atoms with E-state index < -0.39 is 7.54 Å². The second-order valence-corrected chi connectivity index (χ2v) is 1.01. The number of aromatic nitrogens is 2. The molecule has 0 saturated carbocycles. The lowest BCUT2D eigenvalue weighted by Crippen LogP contribution is -1.76. The topological polar surface area (TPSA) is 28.7 Å². The van der Waals surface area contributed by atoms with Crippen molar-refractivity contribution in [3.8, 4) is 0 Å². The summed E-state index contributed by atoms with van der Waals surface area (Å²) in [6.07, 6.45) is 5.08. The molecule has 0 saturated heterocycles. The van der Waals surface area contributed by atoms with E-state index in [1.165, 1.54) is 0 Å². The largest absolute Gasteiger partial charge is 0.762 e. The van der Waals surface area contributed by atoms with Crippen LogP contribution >= 0.6 is 0 Å². The van der Waals surface area contributed by atoms with E-state index in [0.717, 1.165) is 0 Å². The highest BCUT2D eigenvalue weighted by molar-refractivity contribution is 6.33. The van der Waals surface area contributed by atoms with Crippen LogP contribution in [0, 0.1) is 0 Å². The van der Waals surface area contributed by atoms with Gasteiger partial charge in [0.15, 0.2) is 0 Å². The number of H-pyrrole nitrogens is 1. The first kappa shape index (κ1) is 8.06. The molecule has 6 heteroatoms. The number of rotatable bonds is 0. The number of hydrogen-bond acceptors (Lipinski definition) is 1. The molecule has 0 spiro atoms. The number of imidazole rings is 1. The molecule has 0 radical (unpaired) electrons. The Bertz CT molecular complexity index is 101. The molecule has 1 rings (SSSR count). The Kier molecular flexibility index (Phi) is 4.67. The summed E-state index contributed by atoms with van der Waals surface area (Å²) in [6, 6.07) is 0. The Hall–Kier alpha value is -0.935. The fraction of sp³-hybridized carbons (Fsp3) is 0. The zero-order valence-corrected chi connectivity index (χ0v) is 4.39. The minimum Gasteiger partial charge on any atom is -0.351 e. The molecule has 1 N–H and O–H groups in total. The molecule has 0 aliphatic carbocycles. The summed E-state index contributed by atoms with van der Waals surface area (Å²) in [5.41, 5.74) is 0. The molecule has 1 aromatic heterocycles. The Morgan fingerprint density at radius 1 is 1.33 bits per heavy atom. The lowest BCUT2D eigenvalue weighted by Gasteiger charge is -1.55. The monoisotopic (exact) mass is 136 g/mol. The quantitative estimate of drug-likeness (QED) is 0.534. The summed E-state index contributed by atoms with van der Waals surface area (Å²) in [6.45, 7) is 0. The summed E-state index contributed by atoms with van der Waals surface area (Å²) in [5, 5.41) is 0. The highest BCUT2D eigenvalue weighted by Crippen LogP contribution is 1.80. The molecule has 0 unspecified atom stereocenters. The average molecular weight is 136 g/mol. The maximum Gasteiger partial charge on any atom is 0.762 e. The van der Waals surface area contributed by atoms with Gasteiger partial charge in [-0.25, -0.2) is 4.98 Å². The van der Waals surface area contributed by atoms with E-state index in [1.807, 2.05) is 0 Å². The first-order valence-corrected chi connectivity index (χ1v) is 2.08. The molecule has 9 heavy (non-hydrogen) atoms. The van der Waals surface area contributed by atoms with E-state index in [0.29, 0.717) is 0 Å². The van der Waals surface area contributed by atoms with Crippen LogP contribution in [0.2, 0.25) is 0 Å². The molecule has 0 aliphatic heterocycles. The van der Waals surface area contributed by atoms with Gasteiger partial charge in [0.05, 0.1) is 6.33 Å². The smallest absolute Gasteiger partial charge is 0.351 e. The molecule has 2 nitrogen and oxygen atoms in total. The lowest BCUT2D eigenvalue weighted by atomic mass is 10.5. The summed E-state index contributed by atoms with van der Waals surface area (Å²) in [7, 11) is -3.67. The minimum atomic E-state index is -3.67. The van der Waals surface area contributed by atoms with Crippen LogP contribution in [-0.2, 0) is 0 Å². The molecule has 1 aromatic rings. The van der Waals surface area contributed by atoms with Gasteiger partial charge in [0.25, 0.3) is 0 Å². The van der Waals surface area contributed by atoms with Crippen LogP contribution in [0.15, 0.2) is 18.7 Å². The molecule has 0 fully saturated rings.